The summed E-state index contributed by atoms with van der Waals surface area (Å²) in [5.41, 5.74) is 3.10. The van der Waals surface area contributed by atoms with E-state index in [0.717, 1.165) is 16.8 Å². The molecule has 5 N–H and O–H groups in total. The van der Waals surface area contributed by atoms with Gasteiger partial charge in [-0.15, -0.1) is 0 Å². The molecule has 176 valence electrons. The Balaban J connectivity index is 1.68. The van der Waals surface area contributed by atoms with Gasteiger partial charge in [0.2, 0.25) is 26.0 Å². The van der Waals surface area contributed by atoms with Crippen molar-refractivity contribution in [2.75, 3.05) is 22.9 Å². The van der Waals surface area contributed by atoms with Crippen molar-refractivity contribution >= 4 is 43.2 Å². The van der Waals surface area contributed by atoms with Crippen LogP contribution in [-0.4, -0.2) is 39.1 Å². The van der Waals surface area contributed by atoms with Gasteiger partial charge in [0.25, 0.3) is 0 Å². The quantitative estimate of drug-likeness (QED) is 0.337. The van der Waals surface area contributed by atoms with E-state index in [2.05, 4.69) is 25.3 Å². The molecule has 0 fully saturated rings. The first kappa shape index (κ1) is 24.6. The summed E-state index contributed by atoms with van der Waals surface area (Å²) in [6.07, 6.45) is 2.23. The minimum atomic E-state index is -3.82. The van der Waals surface area contributed by atoms with Crippen LogP contribution in [0.4, 0.5) is 23.1 Å². The van der Waals surface area contributed by atoms with Gasteiger partial charge in [-0.3, -0.25) is 0 Å². The molecule has 2 aromatic carbocycles. The molecule has 12 heteroatoms. The van der Waals surface area contributed by atoms with Crippen LogP contribution in [0.3, 0.4) is 0 Å². The summed E-state index contributed by atoms with van der Waals surface area (Å²) in [4.78, 5) is 8.70. The summed E-state index contributed by atoms with van der Waals surface area (Å²) < 4.78 is 48.7. The van der Waals surface area contributed by atoms with Crippen molar-refractivity contribution in [3.05, 3.63) is 65.9 Å². The van der Waals surface area contributed by atoms with Crippen molar-refractivity contribution < 1.29 is 16.8 Å². The molecule has 0 bridgehead atoms. The zero-order chi connectivity index (χ0) is 24.1. The highest BCUT2D eigenvalue weighted by atomic mass is 32.2. The number of rotatable bonds is 10. The molecule has 0 amide bonds. The van der Waals surface area contributed by atoms with Gasteiger partial charge >= 0.3 is 0 Å². The smallest absolute Gasteiger partial charge is 0.238 e. The molecule has 33 heavy (non-hydrogen) atoms. The van der Waals surface area contributed by atoms with E-state index in [-0.39, 0.29) is 16.6 Å². The molecule has 1 aromatic heterocycles. The molecular formula is C21H26N6O4S2. The topological polar surface area (TPSA) is 156 Å². The first-order chi connectivity index (χ1) is 15.6. The van der Waals surface area contributed by atoms with Crippen LogP contribution < -0.4 is 20.5 Å². The summed E-state index contributed by atoms with van der Waals surface area (Å²) in [7, 11) is -7.02. The summed E-state index contributed by atoms with van der Waals surface area (Å²) in [6.45, 7) is 3.80. The van der Waals surface area contributed by atoms with E-state index < -0.39 is 20.0 Å². The predicted molar refractivity (Wildman–Crippen MR) is 129 cm³/mol. The molecule has 10 nitrogen and oxygen atoms in total. The maximum atomic E-state index is 11.6. The second kappa shape index (κ2) is 10.3. The molecule has 0 aliphatic carbocycles. The van der Waals surface area contributed by atoms with Crippen molar-refractivity contribution in [3.63, 3.8) is 0 Å². The van der Waals surface area contributed by atoms with E-state index in [9.17, 15) is 16.8 Å². The highest BCUT2D eigenvalue weighted by molar-refractivity contribution is 7.89. The van der Waals surface area contributed by atoms with Crippen LogP contribution in [0, 0.1) is 6.92 Å². The molecule has 0 unspecified atom stereocenters. The SMILES string of the molecule is CCS(=O)(=O)NCCc1ccc(Nc2nc(Nc3cccc(S(N)(=O)=O)c3)ncc2C)cc1. The van der Waals surface area contributed by atoms with E-state index in [0.29, 0.717) is 24.5 Å². The minimum Gasteiger partial charge on any atom is -0.340 e. The number of nitrogens with zero attached hydrogens (tertiary/aromatic N) is 2. The third-order valence-corrected chi connectivity index (χ3v) is 7.04. The third kappa shape index (κ3) is 7.22. The fraction of sp³-hybridized carbons (Fsp3) is 0.238. The highest BCUT2D eigenvalue weighted by Crippen LogP contribution is 2.22. The second-order valence-corrected chi connectivity index (χ2v) is 10.9. The highest BCUT2D eigenvalue weighted by Gasteiger charge is 2.10. The number of nitrogens with one attached hydrogen (secondary N) is 3. The maximum Gasteiger partial charge on any atom is 0.238 e. The standard InChI is InChI=1S/C21H26N6O4S2/c1-3-32(28,29)24-12-11-16-7-9-17(10-8-16)25-20-15(2)14-23-21(27-20)26-18-5-4-6-19(13-18)33(22,30)31/h4-10,13-14,24H,3,11-12H2,1-2H3,(H2,22,30,31)(H2,23,25,26,27). The fourth-order valence-corrected chi connectivity index (χ4v) is 4.03. The average molecular weight is 491 g/mol. The molecule has 0 spiro atoms. The van der Waals surface area contributed by atoms with Crippen molar-refractivity contribution in [3.8, 4) is 0 Å². The number of hydrogen-bond acceptors (Lipinski definition) is 8. The number of primary sulfonamides is 1. The lowest BCUT2D eigenvalue weighted by atomic mass is 10.1. The molecule has 0 aliphatic rings. The van der Waals surface area contributed by atoms with Gasteiger partial charge in [0.15, 0.2) is 0 Å². The number of nitrogens with two attached hydrogens (primary N) is 1. The van der Waals surface area contributed by atoms with Crippen LogP contribution in [0.2, 0.25) is 0 Å². The number of anilines is 4. The van der Waals surface area contributed by atoms with Crippen LogP contribution in [0.1, 0.15) is 18.1 Å². The van der Waals surface area contributed by atoms with Crippen molar-refractivity contribution in [2.45, 2.75) is 25.2 Å². The van der Waals surface area contributed by atoms with Gasteiger partial charge < -0.3 is 10.6 Å². The normalized spacial score (nSPS) is 11.8. The summed E-state index contributed by atoms with van der Waals surface area (Å²) >= 11 is 0. The predicted octanol–water partition coefficient (Wildman–Crippen LogP) is 2.40. The van der Waals surface area contributed by atoms with Gasteiger partial charge in [-0.2, -0.15) is 4.98 Å². The molecule has 0 saturated carbocycles. The molecule has 0 saturated heterocycles. The second-order valence-electron chi connectivity index (χ2n) is 7.29. The maximum absolute atomic E-state index is 11.6. The zero-order valence-corrected chi connectivity index (χ0v) is 19.9. The van der Waals surface area contributed by atoms with Gasteiger partial charge in [-0.05, 0) is 56.2 Å². The lowest BCUT2D eigenvalue weighted by Crippen LogP contribution is -2.27. The van der Waals surface area contributed by atoms with Gasteiger partial charge in [0.05, 0.1) is 10.6 Å². The molecule has 0 aliphatic heterocycles. The Morgan fingerprint density at radius 1 is 0.970 bits per heavy atom. The number of hydrogen-bond donors (Lipinski definition) is 4. The van der Waals surface area contributed by atoms with Gasteiger partial charge in [0, 0.05) is 29.7 Å². The van der Waals surface area contributed by atoms with Crippen LogP contribution >= 0.6 is 0 Å². The average Bonchev–Trinajstić information content (AvgIpc) is 2.77. The van der Waals surface area contributed by atoms with Gasteiger partial charge in [-0.25, -0.2) is 31.7 Å². The number of sulfonamides is 2. The Kier molecular flexibility index (Phi) is 7.64. The Hall–Kier alpha value is -3.06. The van der Waals surface area contributed by atoms with Crippen LogP contribution in [0.15, 0.2) is 59.6 Å². The molecule has 3 aromatic rings. The van der Waals surface area contributed by atoms with E-state index in [1.165, 1.54) is 12.1 Å². The largest absolute Gasteiger partial charge is 0.340 e. The van der Waals surface area contributed by atoms with Crippen molar-refractivity contribution in [2.24, 2.45) is 5.14 Å². The summed E-state index contributed by atoms with van der Waals surface area (Å²) in [6, 6.07) is 13.7. The lowest BCUT2D eigenvalue weighted by Gasteiger charge is -2.12. The van der Waals surface area contributed by atoms with E-state index >= 15 is 0 Å². The number of benzene rings is 2. The Bertz CT molecular complexity index is 1330. The van der Waals surface area contributed by atoms with E-state index in [1.807, 2.05) is 31.2 Å². The third-order valence-electron chi connectivity index (χ3n) is 4.72. The molecule has 0 radical (unpaired) electrons. The number of aromatic nitrogens is 2. The molecular weight excluding hydrogens is 464 g/mol. The zero-order valence-electron chi connectivity index (χ0n) is 18.2. The first-order valence-corrected chi connectivity index (χ1v) is 13.3. The van der Waals surface area contributed by atoms with Crippen LogP contribution in [0.5, 0.6) is 0 Å². The Morgan fingerprint density at radius 3 is 2.36 bits per heavy atom. The fourth-order valence-electron chi connectivity index (χ4n) is 2.85. The Morgan fingerprint density at radius 2 is 1.70 bits per heavy atom. The molecule has 0 atom stereocenters. The lowest BCUT2D eigenvalue weighted by molar-refractivity contribution is 0.582. The summed E-state index contributed by atoms with van der Waals surface area (Å²) in [5, 5.41) is 11.4. The van der Waals surface area contributed by atoms with Crippen molar-refractivity contribution in [1.82, 2.24) is 14.7 Å². The van der Waals surface area contributed by atoms with Gasteiger partial charge in [-0.1, -0.05) is 18.2 Å². The van der Waals surface area contributed by atoms with Crippen LogP contribution in [-0.2, 0) is 26.5 Å². The van der Waals surface area contributed by atoms with E-state index in [1.54, 1.807) is 25.3 Å². The van der Waals surface area contributed by atoms with Crippen molar-refractivity contribution in [1.29, 1.82) is 0 Å². The monoisotopic (exact) mass is 490 g/mol. The number of aryl methyl sites for hydroxylation is 1. The molecule has 1 heterocycles. The van der Waals surface area contributed by atoms with E-state index in [4.69, 9.17) is 5.14 Å². The minimum absolute atomic E-state index is 0.0134. The summed E-state index contributed by atoms with van der Waals surface area (Å²) in [5.74, 6) is 0.927. The van der Waals surface area contributed by atoms with Crippen LogP contribution in [0.25, 0.3) is 0 Å². The molecule has 3 rings (SSSR count). The van der Waals surface area contributed by atoms with Gasteiger partial charge in [0.1, 0.15) is 5.82 Å². The Labute approximate surface area is 193 Å². The first-order valence-electron chi connectivity index (χ1n) is 10.1.